The van der Waals surface area contributed by atoms with Gasteiger partial charge >= 0.3 is 0 Å². The minimum Gasteiger partial charge on any atom is -0.417 e. The molecule has 0 spiro atoms. The van der Waals surface area contributed by atoms with Crippen LogP contribution in [0, 0.1) is 0 Å². The molecular formula is C31H63IO6Si3. The fourth-order valence-corrected chi connectivity index (χ4v) is 11.0. The van der Waals surface area contributed by atoms with Crippen LogP contribution in [0.5, 0.6) is 0 Å². The van der Waals surface area contributed by atoms with Gasteiger partial charge in [-0.1, -0.05) is 84.9 Å². The predicted octanol–water partition coefficient (Wildman–Crippen LogP) is 8.80. The third kappa shape index (κ3) is 9.45. The second-order valence-corrected chi connectivity index (χ2v) is 30.3. The molecule has 2 rings (SSSR count). The van der Waals surface area contributed by atoms with E-state index in [0.29, 0.717) is 0 Å². The van der Waals surface area contributed by atoms with Crippen molar-refractivity contribution in [3.05, 3.63) is 10.2 Å². The highest BCUT2D eigenvalue weighted by Crippen LogP contribution is 2.44. The van der Waals surface area contributed by atoms with Crippen molar-refractivity contribution in [2.75, 3.05) is 6.61 Å². The Morgan fingerprint density at radius 2 is 1.46 bits per heavy atom. The molecule has 5 unspecified atom stereocenters. The molecule has 0 amide bonds. The Bertz CT molecular complexity index is 828. The predicted molar refractivity (Wildman–Crippen MR) is 188 cm³/mol. The maximum atomic E-state index is 12.0. The van der Waals surface area contributed by atoms with Crippen LogP contribution in [0.25, 0.3) is 0 Å². The Labute approximate surface area is 269 Å². The van der Waals surface area contributed by atoms with Crippen LogP contribution in [-0.2, 0) is 22.8 Å². The van der Waals surface area contributed by atoms with Crippen LogP contribution < -0.4 is 0 Å². The molecule has 0 aliphatic carbocycles. The van der Waals surface area contributed by atoms with Gasteiger partial charge in [0.15, 0.2) is 25.0 Å². The molecule has 242 valence electrons. The van der Waals surface area contributed by atoms with Gasteiger partial charge in [0, 0.05) is 6.61 Å². The Balaban J connectivity index is 2.33. The number of hydrogen-bond acceptors (Lipinski definition) is 6. The van der Waals surface area contributed by atoms with Gasteiger partial charge in [0.2, 0.25) is 0 Å². The zero-order valence-corrected chi connectivity index (χ0v) is 33.7. The van der Waals surface area contributed by atoms with Crippen LogP contribution in [0.2, 0.25) is 54.4 Å². The highest BCUT2D eigenvalue weighted by Gasteiger charge is 2.55. The van der Waals surface area contributed by atoms with Gasteiger partial charge < -0.3 is 27.9 Å². The molecule has 2 fully saturated rings. The molecule has 2 aliphatic rings. The van der Waals surface area contributed by atoms with Crippen LogP contribution in [0.4, 0.5) is 0 Å². The van der Waals surface area contributed by atoms with E-state index in [4.69, 9.17) is 22.8 Å². The van der Waals surface area contributed by atoms with Crippen molar-refractivity contribution in [1.82, 2.24) is 0 Å². The summed E-state index contributed by atoms with van der Waals surface area (Å²) < 4.78 is 36.1. The second-order valence-electron chi connectivity index (χ2n) is 15.3. The highest BCUT2D eigenvalue weighted by molar-refractivity contribution is 14.1. The van der Waals surface area contributed by atoms with E-state index >= 15 is 0 Å². The van der Waals surface area contributed by atoms with Crippen LogP contribution in [-0.4, -0.2) is 79.4 Å². The van der Waals surface area contributed by atoms with E-state index in [9.17, 15) is 5.11 Å². The summed E-state index contributed by atoms with van der Waals surface area (Å²) in [6, 6.07) is 3.46. The molecule has 2 saturated heterocycles. The number of aliphatic hydroxyl groups excluding tert-OH is 1. The molecule has 0 radical (unpaired) electrons. The first-order chi connectivity index (χ1) is 18.8. The molecule has 0 aromatic heterocycles. The van der Waals surface area contributed by atoms with E-state index in [2.05, 4.69) is 117 Å². The van der Waals surface area contributed by atoms with Crippen molar-refractivity contribution < 1.29 is 27.9 Å². The van der Waals surface area contributed by atoms with Crippen molar-refractivity contribution >= 4 is 47.5 Å². The zero-order chi connectivity index (χ0) is 31.4. The summed E-state index contributed by atoms with van der Waals surface area (Å²) in [6.07, 6.45) is 2.14. The van der Waals surface area contributed by atoms with Crippen molar-refractivity contribution in [3.8, 4) is 0 Å². The smallest absolute Gasteiger partial charge is 0.193 e. The first-order valence-electron chi connectivity index (χ1n) is 16.0. The Kier molecular flexibility index (Phi) is 13.9. The van der Waals surface area contributed by atoms with Gasteiger partial charge in [0.25, 0.3) is 0 Å². The topological polar surface area (TPSA) is 66.4 Å². The number of rotatable bonds is 13. The molecule has 0 aromatic carbocycles. The lowest BCUT2D eigenvalue weighted by Gasteiger charge is -2.53. The molecule has 41 heavy (non-hydrogen) atoms. The van der Waals surface area contributed by atoms with Crippen molar-refractivity contribution in [2.24, 2.45) is 0 Å². The second kappa shape index (κ2) is 15.0. The van der Waals surface area contributed by atoms with E-state index in [1.54, 1.807) is 0 Å². The summed E-state index contributed by atoms with van der Waals surface area (Å²) >= 11 is 2.26. The average molecular weight is 743 g/mol. The van der Waals surface area contributed by atoms with Crippen LogP contribution >= 0.6 is 22.6 Å². The Hall–Kier alpha value is 0.881. The van der Waals surface area contributed by atoms with Gasteiger partial charge in [-0.25, -0.2) is 0 Å². The van der Waals surface area contributed by atoms with Gasteiger partial charge in [-0.05, 0) is 83.8 Å². The number of ether oxygens (including phenoxy) is 2. The zero-order valence-electron chi connectivity index (χ0n) is 28.5. The van der Waals surface area contributed by atoms with Gasteiger partial charge in [-0.15, -0.1) is 0 Å². The van der Waals surface area contributed by atoms with Gasteiger partial charge in [-0.3, -0.25) is 0 Å². The van der Waals surface area contributed by atoms with E-state index in [1.165, 1.54) is 0 Å². The molecule has 0 saturated carbocycles. The maximum Gasteiger partial charge on any atom is 0.193 e. The van der Waals surface area contributed by atoms with E-state index in [0.717, 1.165) is 44.0 Å². The molecule has 7 atom stereocenters. The van der Waals surface area contributed by atoms with E-state index in [1.807, 2.05) is 4.08 Å². The van der Waals surface area contributed by atoms with Crippen molar-refractivity contribution in [2.45, 2.75) is 179 Å². The summed E-state index contributed by atoms with van der Waals surface area (Å²) in [5.74, 6) is 0. The first kappa shape index (κ1) is 38.1. The number of fused-ring (bicyclic) bond motifs is 1. The van der Waals surface area contributed by atoms with E-state index < -0.39 is 49.4 Å². The number of aliphatic hydroxyl groups is 1. The third-order valence-electron chi connectivity index (χ3n) is 10.7. The lowest BCUT2D eigenvalue weighted by molar-refractivity contribution is -0.270. The SMILES string of the molecule is CC[Si](CC)(CC)OCCC1CC[C@@H]2OC(C(/C=C/I)O[Si](C)(C)C(C)(C)C)C(O[Si](C)(C)C(C)(C)C)[C@@H](O)C2O1. The largest absolute Gasteiger partial charge is 0.417 e. The standard InChI is InChI=1S/C31H63IO6Si3/c1-14-41(15-2,16-3)34-22-20-23-17-18-24-27(35-23)26(33)29(38-40(12,13)31(7,8)9)28(36-24)25(19-21-32)37-39(10,11)30(4,5)6/h19,21,23-29,33H,14-18,20,22H2,1-13H3/b21-19+/t23?,24-,25?,26-,27?,28?,29?/m0/s1. The Morgan fingerprint density at radius 3 is 1.95 bits per heavy atom. The fraction of sp³-hybridized carbons (Fsp3) is 0.935. The summed E-state index contributed by atoms with van der Waals surface area (Å²) in [5, 5.41) is 12.1. The fourth-order valence-electron chi connectivity index (χ4n) is 5.40. The molecule has 0 bridgehead atoms. The highest BCUT2D eigenvalue weighted by atomic mass is 127. The lowest BCUT2D eigenvalue weighted by atomic mass is 9.87. The van der Waals surface area contributed by atoms with Crippen molar-refractivity contribution in [3.63, 3.8) is 0 Å². The third-order valence-corrected chi connectivity index (χ3v) is 24.7. The van der Waals surface area contributed by atoms with Gasteiger partial charge in [0.1, 0.15) is 24.4 Å². The minimum atomic E-state index is -2.25. The monoisotopic (exact) mass is 742 g/mol. The number of hydrogen-bond donors (Lipinski definition) is 1. The van der Waals surface area contributed by atoms with Crippen molar-refractivity contribution in [1.29, 1.82) is 0 Å². The quantitative estimate of drug-likeness (QED) is 0.150. The summed E-state index contributed by atoms with van der Waals surface area (Å²) in [4.78, 5) is 0. The van der Waals surface area contributed by atoms with Gasteiger partial charge in [0.05, 0.1) is 18.3 Å². The lowest BCUT2D eigenvalue weighted by Crippen LogP contribution is -2.67. The maximum absolute atomic E-state index is 12.0. The molecule has 0 aromatic rings. The van der Waals surface area contributed by atoms with E-state index in [-0.39, 0.29) is 28.4 Å². The first-order valence-corrected chi connectivity index (χ1v) is 25.6. The molecule has 2 heterocycles. The van der Waals surface area contributed by atoms with Crippen LogP contribution in [0.3, 0.4) is 0 Å². The molecule has 10 heteroatoms. The Morgan fingerprint density at radius 1 is 0.902 bits per heavy atom. The normalized spacial score (nSPS) is 29.5. The molecular weight excluding hydrogens is 679 g/mol. The minimum absolute atomic E-state index is 0.00940. The molecule has 1 N–H and O–H groups in total. The molecule has 2 aliphatic heterocycles. The van der Waals surface area contributed by atoms with Gasteiger partial charge in [-0.2, -0.15) is 0 Å². The number of halogens is 1. The summed E-state index contributed by atoms with van der Waals surface area (Å²) in [5.41, 5.74) is 0. The average Bonchev–Trinajstić information content (AvgIpc) is 2.87. The molecule has 6 nitrogen and oxygen atoms in total. The van der Waals surface area contributed by atoms with Crippen LogP contribution in [0.1, 0.15) is 81.6 Å². The summed E-state index contributed by atoms with van der Waals surface area (Å²) in [6.45, 7) is 30.1. The van der Waals surface area contributed by atoms with Crippen LogP contribution in [0.15, 0.2) is 10.2 Å². The summed E-state index contributed by atoms with van der Waals surface area (Å²) in [7, 11) is -6.01.